The van der Waals surface area contributed by atoms with Crippen LogP contribution in [0.4, 0.5) is 9.52 Å². The molecule has 5 rings (SSSR count). The molecule has 0 bridgehead atoms. The van der Waals surface area contributed by atoms with Crippen molar-refractivity contribution in [1.82, 2.24) is 30.0 Å². The Hall–Kier alpha value is -2.85. The van der Waals surface area contributed by atoms with Gasteiger partial charge in [0.15, 0.2) is 21.3 Å². The molecule has 0 unspecified atom stereocenters. The smallest absolute Gasteiger partial charge is 0.278 e. The van der Waals surface area contributed by atoms with Gasteiger partial charge in [0.25, 0.3) is 5.56 Å². The van der Waals surface area contributed by atoms with Crippen LogP contribution in [0.15, 0.2) is 23.1 Å². The van der Waals surface area contributed by atoms with Crippen molar-refractivity contribution in [1.29, 1.82) is 0 Å². The van der Waals surface area contributed by atoms with Crippen LogP contribution >= 0.6 is 11.3 Å². The van der Waals surface area contributed by atoms with Crippen molar-refractivity contribution >= 4 is 37.7 Å². The molecule has 3 aromatic heterocycles. The van der Waals surface area contributed by atoms with Crippen molar-refractivity contribution in [2.24, 2.45) is 7.05 Å². The second-order valence-corrected chi connectivity index (χ2v) is 7.46. The Morgan fingerprint density at radius 1 is 1.19 bits per heavy atom. The molecule has 1 aliphatic heterocycles. The van der Waals surface area contributed by atoms with Crippen LogP contribution in [0.2, 0.25) is 0 Å². The molecule has 10 heteroatoms. The zero-order valence-corrected chi connectivity index (χ0v) is 15.3. The Labute approximate surface area is 156 Å². The topological polar surface area (TPSA) is 91.7 Å². The molecule has 1 aliphatic rings. The van der Waals surface area contributed by atoms with Crippen LogP contribution in [0.3, 0.4) is 0 Å². The van der Waals surface area contributed by atoms with E-state index in [1.807, 2.05) is 0 Å². The number of fused-ring (bicyclic) bond motifs is 2. The Morgan fingerprint density at radius 3 is 2.81 bits per heavy atom. The number of aromatic nitrogens is 5. The number of halogens is 1. The van der Waals surface area contributed by atoms with E-state index in [0.29, 0.717) is 32.6 Å². The van der Waals surface area contributed by atoms with Crippen molar-refractivity contribution in [3.63, 3.8) is 0 Å². The quantitative estimate of drug-likeness (QED) is 0.543. The molecule has 1 saturated heterocycles. The lowest BCUT2D eigenvalue weighted by atomic mass is 10.1. The second-order valence-electron chi connectivity index (χ2n) is 6.50. The number of H-pyrrole nitrogens is 1. The molecule has 0 saturated carbocycles. The molecule has 2 N–H and O–H groups in total. The van der Waals surface area contributed by atoms with Gasteiger partial charge in [-0.05, 0) is 12.1 Å². The summed E-state index contributed by atoms with van der Waals surface area (Å²) in [5.41, 5.74) is 0.798. The average molecular weight is 385 g/mol. The van der Waals surface area contributed by atoms with Crippen LogP contribution in [0.25, 0.3) is 32.6 Å². The third kappa shape index (κ3) is 2.77. The number of anilines is 1. The van der Waals surface area contributed by atoms with E-state index in [2.05, 4.69) is 30.3 Å². The fourth-order valence-electron chi connectivity index (χ4n) is 3.30. The average Bonchev–Trinajstić information content (AvgIpc) is 3.26. The zero-order chi connectivity index (χ0) is 18.5. The first-order valence-electron chi connectivity index (χ1n) is 8.58. The fourth-order valence-corrected chi connectivity index (χ4v) is 4.29. The minimum absolute atomic E-state index is 0.295. The lowest BCUT2D eigenvalue weighted by molar-refractivity contribution is 0.588. The van der Waals surface area contributed by atoms with E-state index in [1.165, 1.54) is 17.4 Å². The molecule has 4 heterocycles. The number of piperazine rings is 1. The molecular weight excluding hydrogens is 369 g/mol. The molecule has 1 fully saturated rings. The minimum atomic E-state index is -0.448. The summed E-state index contributed by atoms with van der Waals surface area (Å²) in [6.07, 6.45) is 1.73. The highest BCUT2D eigenvalue weighted by Crippen LogP contribution is 2.28. The zero-order valence-electron chi connectivity index (χ0n) is 14.5. The molecule has 0 spiro atoms. The molecule has 138 valence electrons. The van der Waals surface area contributed by atoms with Gasteiger partial charge < -0.3 is 15.2 Å². The van der Waals surface area contributed by atoms with Gasteiger partial charge in [0.1, 0.15) is 11.3 Å². The SMILES string of the molecule is Cn1cc2cc(-c3nc4sc(N5CCNCC5)nc4c(=O)[nH]3)cc(F)c2n1. The Balaban J connectivity index is 1.62. The standard InChI is InChI=1S/C17H16FN7OS/c1-24-8-10-6-9(7-11(18)12(10)23-24)14-21-15(26)13-16(22-14)27-17(20-13)25-4-2-19-3-5-25/h6-8,19H,2-5H2,1H3,(H,21,22,26). The van der Waals surface area contributed by atoms with E-state index < -0.39 is 5.82 Å². The van der Waals surface area contributed by atoms with E-state index >= 15 is 0 Å². The van der Waals surface area contributed by atoms with Gasteiger partial charge >= 0.3 is 0 Å². The summed E-state index contributed by atoms with van der Waals surface area (Å²) < 4.78 is 15.9. The fraction of sp³-hybridized carbons (Fsp3) is 0.294. The van der Waals surface area contributed by atoms with E-state index in [1.54, 1.807) is 24.0 Å². The van der Waals surface area contributed by atoms with Crippen LogP contribution in [0.5, 0.6) is 0 Å². The van der Waals surface area contributed by atoms with Crippen molar-refractivity contribution in [2.45, 2.75) is 0 Å². The highest BCUT2D eigenvalue weighted by Gasteiger charge is 2.18. The molecule has 8 nitrogen and oxygen atoms in total. The summed E-state index contributed by atoms with van der Waals surface area (Å²) in [5, 5.41) is 8.83. The summed E-state index contributed by atoms with van der Waals surface area (Å²) in [6, 6.07) is 3.12. The maximum absolute atomic E-state index is 14.4. The molecule has 0 amide bonds. The monoisotopic (exact) mass is 385 g/mol. The number of nitrogens with one attached hydrogen (secondary N) is 2. The van der Waals surface area contributed by atoms with Gasteiger partial charge in [-0.15, -0.1) is 0 Å². The number of nitrogens with zero attached hydrogens (tertiary/aromatic N) is 5. The summed E-state index contributed by atoms with van der Waals surface area (Å²) in [6.45, 7) is 3.45. The van der Waals surface area contributed by atoms with E-state index in [9.17, 15) is 9.18 Å². The van der Waals surface area contributed by atoms with Gasteiger partial charge in [0.2, 0.25) is 0 Å². The molecular formula is C17H16FN7OS. The first kappa shape index (κ1) is 16.3. The van der Waals surface area contributed by atoms with Gasteiger partial charge in [0, 0.05) is 50.4 Å². The maximum Gasteiger partial charge on any atom is 0.278 e. The van der Waals surface area contributed by atoms with E-state index in [4.69, 9.17) is 0 Å². The van der Waals surface area contributed by atoms with Crippen molar-refractivity contribution in [2.75, 3.05) is 31.1 Å². The number of thiazole rings is 1. The predicted octanol–water partition coefficient (Wildman–Crippen LogP) is 1.48. The number of hydrogen-bond acceptors (Lipinski definition) is 7. The van der Waals surface area contributed by atoms with Gasteiger partial charge in [-0.25, -0.2) is 14.4 Å². The molecule has 0 atom stereocenters. The van der Waals surface area contributed by atoms with Gasteiger partial charge in [-0.1, -0.05) is 11.3 Å². The number of benzene rings is 1. The van der Waals surface area contributed by atoms with E-state index in [0.717, 1.165) is 31.3 Å². The minimum Gasteiger partial charge on any atom is -0.345 e. The van der Waals surface area contributed by atoms with Crippen LogP contribution in [0.1, 0.15) is 0 Å². The van der Waals surface area contributed by atoms with Crippen LogP contribution in [0, 0.1) is 5.82 Å². The highest BCUT2D eigenvalue weighted by molar-refractivity contribution is 7.21. The third-order valence-corrected chi connectivity index (χ3v) is 5.61. The largest absolute Gasteiger partial charge is 0.345 e. The van der Waals surface area contributed by atoms with Gasteiger partial charge in [-0.2, -0.15) is 5.10 Å². The van der Waals surface area contributed by atoms with Crippen molar-refractivity contribution in [3.8, 4) is 11.4 Å². The number of aryl methyl sites for hydroxylation is 1. The predicted molar refractivity (Wildman–Crippen MR) is 103 cm³/mol. The summed E-state index contributed by atoms with van der Waals surface area (Å²) >= 11 is 1.38. The third-order valence-electron chi connectivity index (χ3n) is 4.60. The number of rotatable bonds is 2. The number of aromatic amines is 1. The highest BCUT2D eigenvalue weighted by atomic mass is 32.1. The lowest BCUT2D eigenvalue weighted by Gasteiger charge is -2.26. The summed E-state index contributed by atoms with van der Waals surface area (Å²) in [7, 11) is 1.74. The Kier molecular flexibility index (Phi) is 3.69. The Morgan fingerprint density at radius 2 is 2.00 bits per heavy atom. The first-order valence-corrected chi connectivity index (χ1v) is 9.40. The first-order chi connectivity index (χ1) is 13.1. The molecule has 1 aromatic carbocycles. The van der Waals surface area contributed by atoms with Crippen molar-refractivity contribution in [3.05, 3.63) is 34.5 Å². The molecule has 0 radical (unpaired) electrons. The Bertz CT molecular complexity index is 1220. The van der Waals surface area contributed by atoms with Crippen LogP contribution in [-0.2, 0) is 7.05 Å². The lowest BCUT2D eigenvalue weighted by Crippen LogP contribution is -2.43. The molecule has 4 aromatic rings. The van der Waals surface area contributed by atoms with Gasteiger partial charge in [-0.3, -0.25) is 9.48 Å². The van der Waals surface area contributed by atoms with Crippen molar-refractivity contribution < 1.29 is 4.39 Å². The molecule has 27 heavy (non-hydrogen) atoms. The number of hydrogen-bond donors (Lipinski definition) is 2. The normalized spacial score (nSPS) is 15.1. The van der Waals surface area contributed by atoms with Crippen LogP contribution in [-0.4, -0.2) is 50.9 Å². The second kappa shape index (κ2) is 6.10. The van der Waals surface area contributed by atoms with E-state index in [-0.39, 0.29) is 5.56 Å². The van der Waals surface area contributed by atoms with Gasteiger partial charge in [0.05, 0.1) is 0 Å². The summed E-state index contributed by atoms with van der Waals surface area (Å²) in [4.78, 5) is 27.0. The maximum atomic E-state index is 14.4. The molecule has 0 aliphatic carbocycles. The summed E-state index contributed by atoms with van der Waals surface area (Å²) in [5.74, 6) is -0.121. The van der Waals surface area contributed by atoms with Crippen LogP contribution < -0.4 is 15.8 Å².